The number of allylic oxidation sites excluding steroid dienone is 1. The molecule has 3 aromatic carbocycles. The summed E-state index contributed by atoms with van der Waals surface area (Å²) < 4.78 is 0. The first kappa shape index (κ1) is 24.4. The van der Waals surface area contributed by atoms with Crippen molar-refractivity contribution in [2.45, 2.75) is 59.5 Å². The number of nitrogens with one attached hydrogen (secondary N) is 3. The van der Waals surface area contributed by atoms with Crippen molar-refractivity contribution in [3.63, 3.8) is 0 Å². The van der Waals surface area contributed by atoms with E-state index in [4.69, 9.17) is 0 Å². The van der Waals surface area contributed by atoms with Crippen molar-refractivity contribution in [3.8, 4) is 0 Å². The lowest BCUT2D eigenvalue weighted by molar-refractivity contribution is 0.540. The number of rotatable bonds is 6. The summed E-state index contributed by atoms with van der Waals surface area (Å²) in [7, 11) is 0. The van der Waals surface area contributed by atoms with E-state index >= 15 is 0 Å². The Labute approximate surface area is 200 Å². The van der Waals surface area contributed by atoms with Gasteiger partial charge >= 0.3 is 0 Å². The molecule has 1 atom stereocenters. The van der Waals surface area contributed by atoms with Crippen LogP contribution >= 0.6 is 0 Å². The molecule has 0 aliphatic carbocycles. The third kappa shape index (κ3) is 7.71. The second-order valence-electron chi connectivity index (χ2n) is 9.96. The fraction of sp³-hybridized carbons (Fsp3) is 0.333. The third-order valence-electron chi connectivity index (χ3n) is 5.57. The standard InChI is InChI=1S/C18H24N2.C12H15N/c1-14(2)13-15(3)19-17-9-11-18(12-10-17)20-16-7-5-4-6-8-16;1-9-8-12(2,3)13-11-7-5-4-6-10(9)11/h4-12,14-15,19-20H,13H2,1-3H3;4-8,13H,1-3H3. The quantitative estimate of drug-likeness (QED) is 0.358. The first-order chi connectivity index (χ1) is 15.7. The van der Waals surface area contributed by atoms with E-state index in [9.17, 15) is 0 Å². The number of anilines is 4. The molecule has 1 aliphatic rings. The SMILES string of the molecule is CC(C)CC(C)Nc1ccc(Nc2ccccc2)cc1.CC1=CC(C)(C)Nc2ccccc21. The predicted molar refractivity (Wildman–Crippen MR) is 147 cm³/mol. The van der Waals surface area contributed by atoms with Crippen molar-refractivity contribution in [1.29, 1.82) is 0 Å². The number of fused-ring (bicyclic) bond motifs is 1. The molecule has 0 spiro atoms. The number of benzene rings is 3. The Hall–Kier alpha value is -3.20. The molecule has 0 radical (unpaired) electrons. The van der Waals surface area contributed by atoms with Gasteiger partial charge in [0.2, 0.25) is 0 Å². The lowest BCUT2D eigenvalue weighted by atomic mass is 9.91. The van der Waals surface area contributed by atoms with Crippen LogP contribution in [0.4, 0.5) is 22.7 Å². The van der Waals surface area contributed by atoms with Crippen LogP contribution in [0.2, 0.25) is 0 Å². The smallest absolute Gasteiger partial charge is 0.0505 e. The summed E-state index contributed by atoms with van der Waals surface area (Å²) >= 11 is 0. The summed E-state index contributed by atoms with van der Waals surface area (Å²) in [6.07, 6.45) is 3.46. The Bertz CT molecular complexity index is 1030. The van der Waals surface area contributed by atoms with E-state index in [2.05, 4.69) is 124 Å². The van der Waals surface area contributed by atoms with Crippen molar-refractivity contribution in [3.05, 3.63) is 90.5 Å². The monoisotopic (exact) mass is 441 g/mol. The van der Waals surface area contributed by atoms with Gasteiger partial charge in [0.05, 0.1) is 5.54 Å². The minimum atomic E-state index is 0.0818. The van der Waals surface area contributed by atoms with E-state index < -0.39 is 0 Å². The van der Waals surface area contributed by atoms with E-state index in [0.717, 1.165) is 17.3 Å². The maximum absolute atomic E-state index is 3.54. The lowest BCUT2D eigenvalue weighted by Crippen LogP contribution is -2.31. The fourth-order valence-electron chi connectivity index (χ4n) is 4.33. The molecule has 0 amide bonds. The number of hydrogen-bond donors (Lipinski definition) is 3. The molecule has 0 saturated carbocycles. The van der Waals surface area contributed by atoms with Gasteiger partial charge in [-0.3, -0.25) is 0 Å². The van der Waals surface area contributed by atoms with Crippen molar-refractivity contribution in [2.75, 3.05) is 16.0 Å². The molecule has 0 fully saturated rings. The maximum Gasteiger partial charge on any atom is 0.0505 e. The molecule has 1 aliphatic heterocycles. The summed E-state index contributed by atoms with van der Waals surface area (Å²) in [6, 6.07) is 27.6. The minimum Gasteiger partial charge on any atom is -0.383 e. The topological polar surface area (TPSA) is 36.1 Å². The Morgan fingerprint density at radius 1 is 0.758 bits per heavy atom. The van der Waals surface area contributed by atoms with Gasteiger partial charge in [-0.15, -0.1) is 0 Å². The average molecular weight is 442 g/mol. The predicted octanol–water partition coefficient (Wildman–Crippen LogP) is 8.57. The van der Waals surface area contributed by atoms with E-state index in [-0.39, 0.29) is 5.54 Å². The Kier molecular flexibility index (Phi) is 8.21. The molecule has 3 aromatic rings. The molecule has 3 heteroatoms. The fourth-order valence-corrected chi connectivity index (χ4v) is 4.33. The first-order valence-corrected chi connectivity index (χ1v) is 12.0. The second kappa shape index (κ2) is 11.1. The summed E-state index contributed by atoms with van der Waals surface area (Å²) in [5.74, 6) is 0.719. The van der Waals surface area contributed by atoms with Crippen LogP contribution in [0, 0.1) is 5.92 Å². The van der Waals surface area contributed by atoms with E-state index in [1.807, 2.05) is 18.2 Å². The van der Waals surface area contributed by atoms with Gasteiger partial charge in [0.15, 0.2) is 0 Å². The van der Waals surface area contributed by atoms with Gasteiger partial charge in [-0.05, 0) is 88.1 Å². The largest absolute Gasteiger partial charge is 0.383 e. The maximum atomic E-state index is 3.54. The number of para-hydroxylation sites is 2. The summed E-state index contributed by atoms with van der Waals surface area (Å²) in [6.45, 7) is 13.3. The van der Waals surface area contributed by atoms with Crippen LogP contribution in [0.1, 0.15) is 53.5 Å². The van der Waals surface area contributed by atoms with Crippen LogP contribution in [-0.2, 0) is 0 Å². The highest BCUT2D eigenvalue weighted by molar-refractivity contribution is 5.79. The molecule has 174 valence electrons. The molecule has 3 nitrogen and oxygen atoms in total. The second-order valence-corrected chi connectivity index (χ2v) is 9.96. The van der Waals surface area contributed by atoms with Crippen LogP contribution in [0.25, 0.3) is 5.57 Å². The van der Waals surface area contributed by atoms with Gasteiger partial charge in [0.1, 0.15) is 0 Å². The molecule has 0 bridgehead atoms. The summed E-state index contributed by atoms with van der Waals surface area (Å²) in [4.78, 5) is 0. The van der Waals surface area contributed by atoms with Crippen molar-refractivity contribution in [2.24, 2.45) is 5.92 Å². The average Bonchev–Trinajstić information content (AvgIpc) is 2.75. The Morgan fingerprint density at radius 3 is 2.00 bits per heavy atom. The van der Waals surface area contributed by atoms with Crippen LogP contribution in [0.5, 0.6) is 0 Å². The highest BCUT2D eigenvalue weighted by Crippen LogP contribution is 2.32. The summed E-state index contributed by atoms with van der Waals surface area (Å²) in [5.41, 5.74) is 7.41. The van der Waals surface area contributed by atoms with E-state index in [0.29, 0.717) is 6.04 Å². The first-order valence-electron chi connectivity index (χ1n) is 12.0. The van der Waals surface area contributed by atoms with Gasteiger partial charge in [-0.2, -0.15) is 0 Å². The van der Waals surface area contributed by atoms with Gasteiger partial charge in [-0.1, -0.05) is 56.3 Å². The Morgan fingerprint density at radius 2 is 1.33 bits per heavy atom. The molecule has 0 saturated heterocycles. The molecule has 3 N–H and O–H groups in total. The van der Waals surface area contributed by atoms with Crippen LogP contribution in [-0.4, -0.2) is 11.6 Å². The highest BCUT2D eigenvalue weighted by atomic mass is 15.0. The molecule has 33 heavy (non-hydrogen) atoms. The van der Waals surface area contributed by atoms with Crippen molar-refractivity contribution < 1.29 is 0 Å². The zero-order valence-corrected chi connectivity index (χ0v) is 20.9. The zero-order chi connectivity index (χ0) is 23.8. The highest BCUT2D eigenvalue weighted by Gasteiger charge is 2.21. The molecule has 4 rings (SSSR count). The van der Waals surface area contributed by atoms with Gasteiger partial charge in [0.25, 0.3) is 0 Å². The molecule has 1 unspecified atom stereocenters. The van der Waals surface area contributed by atoms with E-state index in [1.54, 1.807) is 0 Å². The van der Waals surface area contributed by atoms with Gasteiger partial charge in [-0.25, -0.2) is 0 Å². The summed E-state index contributed by atoms with van der Waals surface area (Å²) in [5, 5.41) is 10.4. The van der Waals surface area contributed by atoms with Crippen LogP contribution in [0.3, 0.4) is 0 Å². The number of hydrogen-bond acceptors (Lipinski definition) is 3. The normalized spacial score (nSPS) is 14.7. The molecule has 0 aromatic heterocycles. The molecular formula is C30H39N3. The minimum absolute atomic E-state index is 0.0818. The van der Waals surface area contributed by atoms with Crippen LogP contribution in [0.15, 0.2) is 84.9 Å². The van der Waals surface area contributed by atoms with E-state index in [1.165, 1.54) is 28.9 Å². The van der Waals surface area contributed by atoms with Crippen LogP contribution < -0.4 is 16.0 Å². The van der Waals surface area contributed by atoms with Crippen molar-refractivity contribution >= 4 is 28.3 Å². The van der Waals surface area contributed by atoms with Crippen molar-refractivity contribution in [1.82, 2.24) is 0 Å². The Balaban J connectivity index is 0.000000203. The molecular weight excluding hydrogens is 402 g/mol. The molecule has 1 heterocycles. The van der Waals surface area contributed by atoms with Gasteiger partial charge < -0.3 is 16.0 Å². The zero-order valence-electron chi connectivity index (χ0n) is 20.9. The third-order valence-corrected chi connectivity index (χ3v) is 5.57. The lowest BCUT2D eigenvalue weighted by Gasteiger charge is -2.31. The van der Waals surface area contributed by atoms with Gasteiger partial charge in [0, 0.05) is 34.4 Å².